The van der Waals surface area contributed by atoms with Crippen LogP contribution in [0.1, 0.15) is 291 Å². The summed E-state index contributed by atoms with van der Waals surface area (Å²) in [4.78, 5) is 37.6. The molecule has 6 heteroatoms. The van der Waals surface area contributed by atoms with Crippen molar-refractivity contribution in [1.29, 1.82) is 0 Å². The van der Waals surface area contributed by atoms with Crippen LogP contribution >= 0.6 is 0 Å². The van der Waals surface area contributed by atoms with Gasteiger partial charge in [-0.15, -0.1) is 0 Å². The van der Waals surface area contributed by atoms with Crippen molar-refractivity contribution in [1.82, 2.24) is 0 Å². The van der Waals surface area contributed by atoms with Crippen LogP contribution in [0.4, 0.5) is 0 Å². The molecule has 0 fully saturated rings. The van der Waals surface area contributed by atoms with Gasteiger partial charge in [-0.25, -0.2) is 0 Å². The van der Waals surface area contributed by atoms with Crippen molar-refractivity contribution in [2.45, 2.75) is 297 Å². The molecule has 0 aromatic heterocycles. The average Bonchev–Trinajstić information content (AvgIpc) is 3.21. The lowest BCUT2D eigenvalue weighted by atomic mass is 10.0. The van der Waals surface area contributed by atoms with Gasteiger partial charge in [-0.3, -0.25) is 14.4 Å². The van der Waals surface area contributed by atoms with Crippen LogP contribution in [0.2, 0.25) is 0 Å². The molecule has 0 aromatic carbocycles. The molecule has 0 radical (unpaired) electrons. The molecule has 0 bridgehead atoms. The maximum absolute atomic E-state index is 12.7. The molecular weight excluding hydrogens is 721 g/mol. The molecule has 0 aromatic rings. The van der Waals surface area contributed by atoms with Crippen molar-refractivity contribution in [2.75, 3.05) is 13.2 Å². The largest absolute Gasteiger partial charge is 0.462 e. The SMILES string of the molecule is CCCCCCCCCCCCCCCCCCCC(=O)OC[C@@H](COC(=O)CCCCCCC)OC(=O)CCCCCCCCCCCCCCCCCC(C)C. The molecule has 0 spiro atoms. The summed E-state index contributed by atoms with van der Waals surface area (Å²) in [6.07, 6.45) is 48.4. The van der Waals surface area contributed by atoms with Gasteiger partial charge in [0.15, 0.2) is 6.10 Å². The van der Waals surface area contributed by atoms with Gasteiger partial charge in [0.25, 0.3) is 0 Å². The van der Waals surface area contributed by atoms with Crippen LogP contribution in [0.15, 0.2) is 0 Å². The summed E-state index contributed by atoms with van der Waals surface area (Å²) >= 11 is 0. The predicted molar refractivity (Wildman–Crippen MR) is 247 cm³/mol. The summed E-state index contributed by atoms with van der Waals surface area (Å²) in [5.74, 6) is -0.0109. The summed E-state index contributed by atoms with van der Waals surface area (Å²) < 4.78 is 16.7. The molecule has 0 unspecified atom stereocenters. The first kappa shape index (κ1) is 56.4. The quantitative estimate of drug-likeness (QED) is 0.0346. The molecule has 0 rings (SSSR count). The van der Waals surface area contributed by atoms with E-state index in [0.717, 1.165) is 70.1 Å². The Labute approximate surface area is 361 Å². The molecule has 0 saturated carbocycles. The second-order valence-corrected chi connectivity index (χ2v) is 18.3. The van der Waals surface area contributed by atoms with E-state index < -0.39 is 6.10 Å². The fraction of sp³-hybridized carbons (Fsp3) is 0.942. The Bertz CT molecular complexity index is 872. The highest BCUT2D eigenvalue weighted by Gasteiger charge is 2.19. The first-order chi connectivity index (χ1) is 28.4. The molecule has 0 aliphatic heterocycles. The minimum absolute atomic E-state index is 0.0637. The summed E-state index contributed by atoms with van der Waals surface area (Å²) in [5, 5.41) is 0. The van der Waals surface area contributed by atoms with Gasteiger partial charge in [0.1, 0.15) is 13.2 Å². The predicted octanol–water partition coefficient (Wildman–Crippen LogP) is 16.7. The zero-order valence-electron chi connectivity index (χ0n) is 39.5. The molecule has 58 heavy (non-hydrogen) atoms. The maximum Gasteiger partial charge on any atom is 0.306 e. The van der Waals surface area contributed by atoms with E-state index in [1.807, 2.05) is 0 Å². The highest BCUT2D eigenvalue weighted by atomic mass is 16.6. The lowest BCUT2D eigenvalue weighted by Gasteiger charge is -2.18. The number of carbonyl (C=O) groups excluding carboxylic acids is 3. The monoisotopic (exact) mass is 821 g/mol. The fourth-order valence-electron chi connectivity index (χ4n) is 7.86. The highest BCUT2D eigenvalue weighted by Crippen LogP contribution is 2.17. The van der Waals surface area contributed by atoms with E-state index in [1.165, 1.54) is 180 Å². The minimum atomic E-state index is -0.759. The molecular formula is C52H100O6. The number of unbranched alkanes of at least 4 members (excludes halogenated alkanes) is 34. The Morgan fingerprint density at radius 3 is 0.845 bits per heavy atom. The van der Waals surface area contributed by atoms with Crippen molar-refractivity contribution < 1.29 is 28.6 Å². The smallest absolute Gasteiger partial charge is 0.306 e. The van der Waals surface area contributed by atoms with Gasteiger partial charge in [0.05, 0.1) is 0 Å². The van der Waals surface area contributed by atoms with Gasteiger partial charge in [-0.2, -0.15) is 0 Å². The second-order valence-electron chi connectivity index (χ2n) is 18.3. The minimum Gasteiger partial charge on any atom is -0.462 e. The zero-order chi connectivity index (χ0) is 42.4. The summed E-state index contributed by atoms with van der Waals surface area (Å²) in [6, 6.07) is 0. The van der Waals surface area contributed by atoms with Crippen LogP contribution in [0.3, 0.4) is 0 Å². The second kappa shape index (κ2) is 46.5. The average molecular weight is 821 g/mol. The number of ether oxygens (including phenoxy) is 3. The fourth-order valence-corrected chi connectivity index (χ4v) is 7.86. The Balaban J connectivity index is 4.10. The van der Waals surface area contributed by atoms with Gasteiger partial charge < -0.3 is 14.2 Å². The third-order valence-corrected chi connectivity index (χ3v) is 11.8. The first-order valence-electron chi connectivity index (χ1n) is 25.9. The van der Waals surface area contributed by atoms with Gasteiger partial charge in [-0.1, -0.05) is 252 Å². The van der Waals surface area contributed by atoms with Crippen LogP contribution in [-0.2, 0) is 28.6 Å². The Kier molecular flexibility index (Phi) is 45.2. The Hall–Kier alpha value is -1.59. The third kappa shape index (κ3) is 45.5. The molecule has 0 amide bonds. The van der Waals surface area contributed by atoms with Crippen molar-refractivity contribution >= 4 is 17.9 Å². The third-order valence-electron chi connectivity index (χ3n) is 11.8. The number of hydrogen-bond acceptors (Lipinski definition) is 6. The van der Waals surface area contributed by atoms with Crippen LogP contribution in [0, 0.1) is 5.92 Å². The molecule has 344 valence electrons. The van der Waals surface area contributed by atoms with Crippen LogP contribution in [-0.4, -0.2) is 37.2 Å². The van der Waals surface area contributed by atoms with Crippen molar-refractivity contribution in [2.24, 2.45) is 5.92 Å². The van der Waals surface area contributed by atoms with Gasteiger partial charge >= 0.3 is 17.9 Å². The Morgan fingerprint density at radius 1 is 0.328 bits per heavy atom. The number of carbonyl (C=O) groups is 3. The number of hydrogen-bond donors (Lipinski definition) is 0. The molecule has 0 saturated heterocycles. The maximum atomic E-state index is 12.7. The molecule has 6 nitrogen and oxygen atoms in total. The standard InChI is InChI=1S/C52H100O6/c1-5-7-9-11-12-13-14-15-16-17-20-23-26-29-32-36-40-44-51(54)57-47-49(46-56-50(53)43-39-34-10-8-6-2)58-52(55)45-41-37-33-30-27-24-21-18-19-22-25-28-31-35-38-42-48(3)4/h48-49H,5-47H2,1-4H3/t49-/m1/s1. The van der Waals surface area contributed by atoms with Gasteiger partial charge in [0.2, 0.25) is 0 Å². The van der Waals surface area contributed by atoms with Gasteiger partial charge in [0, 0.05) is 19.3 Å². The van der Waals surface area contributed by atoms with Crippen molar-refractivity contribution in [3.8, 4) is 0 Å². The van der Waals surface area contributed by atoms with Crippen molar-refractivity contribution in [3.05, 3.63) is 0 Å². The molecule has 0 heterocycles. The van der Waals surface area contributed by atoms with Crippen LogP contribution in [0.5, 0.6) is 0 Å². The molecule has 1 atom stereocenters. The molecule has 0 aliphatic carbocycles. The van der Waals surface area contributed by atoms with E-state index in [4.69, 9.17) is 14.2 Å². The van der Waals surface area contributed by atoms with Crippen LogP contribution < -0.4 is 0 Å². The topological polar surface area (TPSA) is 78.9 Å². The van der Waals surface area contributed by atoms with Gasteiger partial charge in [-0.05, 0) is 25.2 Å². The summed E-state index contributed by atoms with van der Waals surface area (Å²) in [6.45, 7) is 8.96. The van der Waals surface area contributed by atoms with E-state index in [1.54, 1.807) is 0 Å². The molecule has 0 N–H and O–H groups in total. The number of esters is 3. The van der Waals surface area contributed by atoms with E-state index in [0.29, 0.717) is 19.3 Å². The Morgan fingerprint density at radius 2 is 0.569 bits per heavy atom. The van der Waals surface area contributed by atoms with E-state index in [2.05, 4.69) is 27.7 Å². The molecule has 0 aliphatic rings. The van der Waals surface area contributed by atoms with Crippen LogP contribution in [0.25, 0.3) is 0 Å². The van der Waals surface area contributed by atoms with E-state index in [9.17, 15) is 14.4 Å². The zero-order valence-corrected chi connectivity index (χ0v) is 39.5. The van der Waals surface area contributed by atoms with E-state index in [-0.39, 0.29) is 31.1 Å². The lowest BCUT2D eigenvalue weighted by molar-refractivity contribution is -0.167. The first-order valence-corrected chi connectivity index (χ1v) is 25.9. The highest BCUT2D eigenvalue weighted by molar-refractivity contribution is 5.71. The lowest BCUT2D eigenvalue weighted by Crippen LogP contribution is -2.30. The normalized spacial score (nSPS) is 11.9. The summed E-state index contributed by atoms with van der Waals surface area (Å²) in [7, 11) is 0. The van der Waals surface area contributed by atoms with E-state index >= 15 is 0 Å². The van der Waals surface area contributed by atoms with Crippen molar-refractivity contribution in [3.63, 3.8) is 0 Å². The number of rotatable bonds is 47. The summed E-state index contributed by atoms with van der Waals surface area (Å²) in [5.41, 5.74) is 0.